The molecule has 3 atom stereocenters. The van der Waals surface area contributed by atoms with Crippen LogP contribution in [0, 0.1) is 17.5 Å². The Kier molecular flexibility index (Phi) is 10.7. The Morgan fingerprint density at radius 1 is 1.04 bits per heavy atom. The van der Waals surface area contributed by atoms with Crippen molar-refractivity contribution in [1.29, 1.82) is 0 Å². The van der Waals surface area contributed by atoms with Crippen molar-refractivity contribution in [2.75, 3.05) is 38.7 Å². The fraction of sp³-hybridized carbons (Fsp3) is 0.394. The first-order valence-corrected chi connectivity index (χ1v) is 15.1. The number of benzene rings is 3. The minimum absolute atomic E-state index is 0.0785. The zero-order valence-electron chi connectivity index (χ0n) is 24.7. The van der Waals surface area contributed by atoms with Gasteiger partial charge in [-0.05, 0) is 60.4 Å². The van der Waals surface area contributed by atoms with Gasteiger partial charge in [0, 0.05) is 67.4 Å². The molecule has 2 aliphatic heterocycles. The van der Waals surface area contributed by atoms with Crippen LogP contribution in [0.1, 0.15) is 41.9 Å². The van der Waals surface area contributed by atoms with E-state index < -0.39 is 41.4 Å². The molecular formula is C33H35ClF3N3O5. The zero-order valence-corrected chi connectivity index (χ0v) is 25.5. The van der Waals surface area contributed by atoms with Gasteiger partial charge in [-0.1, -0.05) is 29.8 Å². The summed E-state index contributed by atoms with van der Waals surface area (Å²) >= 11 is 6.09. The molecule has 3 aromatic rings. The van der Waals surface area contributed by atoms with Crippen molar-refractivity contribution in [3.63, 3.8) is 0 Å². The van der Waals surface area contributed by atoms with Crippen LogP contribution in [-0.2, 0) is 25.4 Å². The van der Waals surface area contributed by atoms with Crippen molar-refractivity contribution in [2.24, 2.45) is 0 Å². The highest BCUT2D eigenvalue weighted by molar-refractivity contribution is 6.30. The fourth-order valence-corrected chi connectivity index (χ4v) is 6.16. The van der Waals surface area contributed by atoms with Gasteiger partial charge in [-0.3, -0.25) is 4.79 Å². The van der Waals surface area contributed by atoms with Crippen molar-refractivity contribution >= 4 is 29.3 Å². The molecule has 3 N–H and O–H groups in total. The molecule has 3 aromatic carbocycles. The van der Waals surface area contributed by atoms with Crippen LogP contribution in [0.5, 0.6) is 0 Å². The lowest BCUT2D eigenvalue weighted by Gasteiger charge is -2.44. The number of halogens is 4. The summed E-state index contributed by atoms with van der Waals surface area (Å²) in [6.07, 6.45) is 1.16. The van der Waals surface area contributed by atoms with Gasteiger partial charge in [0.05, 0.1) is 18.8 Å². The largest absolute Gasteiger partial charge is 0.453 e. The average molecular weight is 646 g/mol. The maximum Gasteiger partial charge on any atom is 0.407 e. The highest BCUT2D eigenvalue weighted by Crippen LogP contribution is 2.33. The van der Waals surface area contributed by atoms with E-state index in [-0.39, 0.29) is 34.9 Å². The first-order chi connectivity index (χ1) is 21.7. The third kappa shape index (κ3) is 8.15. The van der Waals surface area contributed by atoms with Gasteiger partial charge in [-0.15, -0.1) is 0 Å². The number of rotatable bonds is 9. The average Bonchev–Trinajstić information content (AvgIpc) is 3.01. The molecule has 0 aliphatic carbocycles. The molecule has 2 fully saturated rings. The number of amides is 2. The molecule has 240 valence electrons. The summed E-state index contributed by atoms with van der Waals surface area (Å²) in [5, 5.41) is 9.08. The zero-order chi connectivity index (χ0) is 32.0. The summed E-state index contributed by atoms with van der Waals surface area (Å²) in [4.78, 5) is 26.5. The molecule has 45 heavy (non-hydrogen) atoms. The molecule has 2 saturated heterocycles. The number of alkyl carbamates (subject to hydrolysis) is 1. The monoisotopic (exact) mass is 645 g/mol. The number of carbonyl (C=O) groups excluding carboxylic acids is 2. The molecule has 8 nitrogen and oxygen atoms in total. The number of methoxy groups -OCH3 is 1. The maximum atomic E-state index is 15.3. The van der Waals surface area contributed by atoms with Crippen LogP contribution in [0.4, 0.5) is 23.7 Å². The van der Waals surface area contributed by atoms with E-state index in [0.717, 1.165) is 38.6 Å². The Balaban J connectivity index is 1.42. The van der Waals surface area contributed by atoms with Gasteiger partial charge >= 0.3 is 6.09 Å². The Hall–Kier alpha value is -3.64. The molecule has 0 radical (unpaired) electrons. The van der Waals surface area contributed by atoms with Gasteiger partial charge in [0.1, 0.15) is 23.5 Å². The van der Waals surface area contributed by atoms with Crippen molar-refractivity contribution < 1.29 is 37.0 Å². The number of ether oxygens (including phenoxy) is 3. The van der Waals surface area contributed by atoms with Crippen LogP contribution < -0.4 is 16.0 Å². The van der Waals surface area contributed by atoms with Crippen molar-refractivity contribution in [2.45, 2.75) is 49.3 Å². The standard InChI is InChI=1S/C33H35ClF3N3O5/c1-43-32(42)40-30(29(20-5-7-22(34)8-6-20)21-15-23(35)17-24(36)16-21)31(41)39-28-4-2-3-27(37)26(28)10-9-25-18-38-19-33(45-25)11-13-44-14-12-33/h2-8,15-17,25,29-30,38H,9-14,18-19H2,1H3,(H,39,41)(H,40,42)/t25-,29+,30+/m1/s1. The maximum absolute atomic E-state index is 15.3. The van der Waals surface area contributed by atoms with Crippen molar-refractivity contribution in [1.82, 2.24) is 10.6 Å². The summed E-state index contributed by atoms with van der Waals surface area (Å²) in [5.41, 5.74) is 0.659. The molecule has 2 heterocycles. The van der Waals surface area contributed by atoms with E-state index in [4.69, 9.17) is 25.8 Å². The first-order valence-electron chi connectivity index (χ1n) is 14.8. The Morgan fingerprint density at radius 2 is 1.76 bits per heavy atom. The van der Waals surface area contributed by atoms with Gasteiger partial charge in [-0.25, -0.2) is 18.0 Å². The highest BCUT2D eigenvalue weighted by Gasteiger charge is 2.39. The quantitative estimate of drug-likeness (QED) is 0.275. The summed E-state index contributed by atoms with van der Waals surface area (Å²) in [6, 6.07) is 12.1. The normalized spacial score (nSPS) is 19.0. The third-order valence-electron chi connectivity index (χ3n) is 8.28. The summed E-state index contributed by atoms with van der Waals surface area (Å²) in [7, 11) is 1.13. The predicted molar refractivity (Wildman–Crippen MR) is 163 cm³/mol. The Bertz CT molecular complexity index is 1480. The summed E-state index contributed by atoms with van der Waals surface area (Å²) in [6.45, 7) is 2.58. The summed E-state index contributed by atoms with van der Waals surface area (Å²) < 4.78 is 60.9. The number of carbonyl (C=O) groups is 2. The second-order valence-corrected chi connectivity index (χ2v) is 11.7. The van der Waals surface area contributed by atoms with Gasteiger partial charge in [0.15, 0.2) is 0 Å². The van der Waals surface area contributed by atoms with Crippen LogP contribution in [0.3, 0.4) is 0 Å². The second kappa shape index (κ2) is 14.6. The third-order valence-corrected chi connectivity index (χ3v) is 8.53. The van der Waals surface area contributed by atoms with Gasteiger partial charge in [-0.2, -0.15) is 0 Å². The number of nitrogens with one attached hydrogen (secondary N) is 3. The molecule has 12 heteroatoms. The smallest absolute Gasteiger partial charge is 0.407 e. The molecule has 1 spiro atoms. The van der Waals surface area contributed by atoms with Crippen molar-refractivity contribution in [3.8, 4) is 0 Å². The number of morpholine rings is 1. The fourth-order valence-electron chi connectivity index (χ4n) is 6.03. The van der Waals surface area contributed by atoms with Crippen LogP contribution >= 0.6 is 11.6 Å². The lowest BCUT2D eigenvalue weighted by Crippen LogP contribution is -2.56. The minimum atomic E-state index is -1.44. The predicted octanol–water partition coefficient (Wildman–Crippen LogP) is 5.72. The SMILES string of the molecule is COC(=O)N[C@H](C(=O)Nc1cccc(F)c1CC[C@@H]1CNCC2(CCOCC2)O1)[C@@H](c1ccc(Cl)cc1)c1cc(F)cc(F)c1. The molecular weight excluding hydrogens is 611 g/mol. The highest BCUT2D eigenvalue weighted by atomic mass is 35.5. The molecule has 2 aliphatic rings. The first kappa shape index (κ1) is 32.7. The van der Waals surface area contributed by atoms with E-state index in [1.54, 1.807) is 30.3 Å². The van der Waals surface area contributed by atoms with E-state index in [2.05, 4.69) is 16.0 Å². The van der Waals surface area contributed by atoms with Crippen LogP contribution in [0.25, 0.3) is 0 Å². The second-order valence-electron chi connectivity index (χ2n) is 11.3. The van der Waals surface area contributed by atoms with E-state index in [1.165, 1.54) is 12.1 Å². The lowest BCUT2D eigenvalue weighted by atomic mass is 9.84. The van der Waals surface area contributed by atoms with E-state index in [9.17, 15) is 18.4 Å². The van der Waals surface area contributed by atoms with E-state index in [1.807, 2.05) is 0 Å². The summed E-state index contributed by atoms with van der Waals surface area (Å²) in [5.74, 6) is -4.09. The molecule has 0 unspecified atom stereocenters. The number of hydrogen-bond acceptors (Lipinski definition) is 6. The van der Waals surface area contributed by atoms with Crippen LogP contribution in [0.15, 0.2) is 60.7 Å². The van der Waals surface area contributed by atoms with Crippen molar-refractivity contribution in [3.05, 3.63) is 99.8 Å². The molecule has 2 amide bonds. The molecule has 5 rings (SSSR count). The topological polar surface area (TPSA) is 97.9 Å². The molecule has 0 aromatic heterocycles. The number of hydrogen-bond donors (Lipinski definition) is 3. The van der Waals surface area contributed by atoms with E-state index >= 15 is 4.39 Å². The van der Waals surface area contributed by atoms with Crippen LogP contribution in [-0.4, -0.2) is 63.2 Å². The van der Waals surface area contributed by atoms with Gasteiger partial charge in [0.25, 0.3) is 0 Å². The van der Waals surface area contributed by atoms with Gasteiger partial charge in [0.2, 0.25) is 5.91 Å². The Labute approximate surface area is 264 Å². The Morgan fingerprint density at radius 3 is 2.44 bits per heavy atom. The van der Waals surface area contributed by atoms with Gasteiger partial charge < -0.3 is 30.2 Å². The van der Waals surface area contributed by atoms with E-state index in [0.29, 0.717) is 42.8 Å². The number of anilines is 1. The molecule has 0 bridgehead atoms. The minimum Gasteiger partial charge on any atom is -0.453 e. The molecule has 0 saturated carbocycles. The van der Waals surface area contributed by atoms with Crippen LogP contribution in [0.2, 0.25) is 5.02 Å². The lowest BCUT2D eigenvalue weighted by molar-refractivity contribution is -0.160.